The average molecular weight is 328 g/mol. The zero-order chi connectivity index (χ0) is 17.2. The molecule has 0 aliphatic carbocycles. The molecule has 3 heterocycles. The highest BCUT2D eigenvalue weighted by atomic mass is 15.0. The first-order chi connectivity index (χ1) is 12.2. The van der Waals surface area contributed by atoms with E-state index in [2.05, 4.69) is 25.3 Å². The predicted octanol–water partition coefficient (Wildman–Crippen LogP) is 3.72. The molecule has 0 aliphatic heterocycles. The van der Waals surface area contributed by atoms with Gasteiger partial charge in [-0.15, -0.1) is 0 Å². The van der Waals surface area contributed by atoms with E-state index in [1.807, 2.05) is 49.4 Å². The molecule has 4 aromatic rings. The first-order valence-corrected chi connectivity index (χ1v) is 7.86. The van der Waals surface area contributed by atoms with Crippen LogP contribution in [0.25, 0.3) is 22.0 Å². The topological polar surface area (TPSA) is 89.6 Å². The molecule has 0 unspecified atom stereocenters. The summed E-state index contributed by atoms with van der Waals surface area (Å²) in [6.07, 6.45) is 4.99. The number of anilines is 3. The number of nitrogens with one attached hydrogen (secondary N) is 1. The van der Waals surface area contributed by atoms with Crippen molar-refractivity contribution in [3.05, 3.63) is 66.9 Å². The lowest BCUT2D eigenvalue weighted by atomic mass is 10.1. The molecule has 4 rings (SSSR count). The molecule has 1 aromatic carbocycles. The van der Waals surface area contributed by atoms with Gasteiger partial charge in [-0.2, -0.15) is 0 Å². The Kier molecular flexibility index (Phi) is 3.70. The van der Waals surface area contributed by atoms with Crippen LogP contribution in [0.3, 0.4) is 0 Å². The number of fused-ring (bicyclic) bond motifs is 1. The molecule has 3 N–H and O–H groups in total. The van der Waals surface area contributed by atoms with Crippen molar-refractivity contribution in [2.75, 3.05) is 11.1 Å². The van der Waals surface area contributed by atoms with Crippen molar-refractivity contribution < 1.29 is 0 Å². The summed E-state index contributed by atoms with van der Waals surface area (Å²) in [4.78, 5) is 17.1. The Morgan fingerprint density at radius 1 is 0.960 bits per heavy atom. The number of hydrogen-bond donors (Lipinski definition) is 2. The monoisotopic (exact) mass is 328 g/mol. The van der Waals surface area contributed by atoms with Crippen LogP contribution in [-0.4, -0.2) is 19.9 Å². The largest absolute Gasteiger partial charge is 0.383 e. The summed E-state index contributed by atoms with van der Waals surface area (Å²) >= 11 is 0. The van der Waals surface area contributed by atoms with Crippen LogP contribution in [0.5, 0.6) is 0 Å². The fraction of sp³-hybridized carbons (Fsp3) is 0.0526. The Morgan fingerprint density at radius 3 is 2.72 bits per heavy atom. The van der Waals surface area contributed by atoms with E-state index in [1.54, 1.807) is 12.4 Å². The van der Waals surface area contributed by atoms with E-state index >= 15 is 0 Å². The van der Waals surface area contributed by atoms with Crippen molar-refractivity contribution in [2.24, 2.45) is 0 Å². The van der Waals surface area contributed by atoms with Gasteiger partial charge in [-0.3, -0.25) is 0 Å². The smallest absolute Gasteiger partial charge is 0.139 e. The van der Waals surface area contributed by atoms with Crippen molar-refractivity contribution in [3.8, 4) is 11.3 Å². The maximum atomic E-state index is 6.07. The second-order valence-electron chi connectivity index (χ2n) is 5.67. The molecular formula is C19H16N6. The summed E-state index contributed by atoms with van der Waals surface area (Å²) < 4.78 is 0. The second kappa shape index (κ2) is 6.16. The third kappa shape index (κ3) is 2.85. The van der Waals surface area contributed by atoms with E-state index < -0.39 is 0 Å². The summed E-state index contributed by atoms with van der Waals surface area (Å²) in [6.45, 7) is 1.93. The zero-order valence-corrected chi connectivity index (χ0v) is 13.6. The molecule has 6 nitrogen and oxygen atoms in total. The summed E-state index contributed by atoms with van der Waals surface area (Å²) in [6, 6.07) is 13.7. The van der Waals surface area contributed by atoms with Gasteiger partial charge in [0, 0.05) is 40.1 Å². The minimum absolute atomic E-state index is 0.524. The van der Waals surface area contributed by atoms with Crippen LogP contribution >= 0.6 is 0 Å². The molecule has 0 spiro atoms. The van der Waals surface area contributed by atoms with Gasteiger partial charge in [0.2, 0.25) is 0 Å². The van der Waals surface area contributed by atoms with E-state index in [1.165, 1.54) is 6.33 Å². The van der Waals surface area contributed by atoms with E-state index in [0.717, 1.165) is 39.2 Å². The fourth-order valence-corrected chi connectivity index (χ4v) is 2.83. The summed E-state index contributed by atoms with van der Waals surface area (Å²) in [7, 11) is 0. The van der Waals surface area contributed by atoms with Crippen molar-refractivity contribution in [2.45, 2.75) is 6.92 Å². The maximum absolute atomic E-state index is 6.07. The van der Waals surface area contributed by atoms with E-state index in [0.29, 0.717) is 5.82 Å². The van der Waals surface area contributed by atoms with Gasteiger partial charge in [0.1, 0.15) is 18.0 Å². The van der Waals surface area contributed by atoms with Gasteiger partial charge in [0.25, 0.3) is 0 Å². The zero-order valence-electron chi connectivity index (χ0n) is 13.6. The first-order valence-electron chi connectivity index (χ1n) is 7.86. The number of nitrogens with two attached hydrogens (primary N) is 1. The second-order valence-corrected chi connectivity index (χ2v) is 5.67. The van der Waals surface area contributed by atoms with E-state index in [-0.39, 0.29) is 0 Å². The van der Waals surface area contributed by atoms with Gasteiger partial charge in [0.15, 0.2) is 0 Å². The maximum Gasteiger partial charge on any atom is 0.139 e. The molecule has 0 saturated carbocycles. The molecule has 0 bridgehead atoms. The molecular weight excluding hydrogens is 312 g/mol. The highest BCUT2D eigenvalue weighted by molar-refractivity contribution is 6.01. The molecule has 0 atom stereocenters. The molecule has 6 heteroatoms. The number of nitrogen functional groups attached to an aromatic ring is 1. The van der Waals surface area contributed by atoms with Crippen LogP contribution < -0.4 is 11.1 Å². The Morgan fingerprint density at radius 2 is 1.88 bits per heavy atom. The normalized spacial score (nSPS) is 10.8. The third-order valence-corrected chi connectivity index (χ3v) is 3.95. The Bertz CT molecular complexity index is 1050. The summed E-state index contributed by atoms with van der Waals surface area (Å²) in [5, 5.41) is 5.33. The highest BCUT2D eigenvalue weighted by Crippen LogP contribution is 2.32. The Labute approximate surface area is 144 Å². The molecule has 0 amide bonds. The molecule has 25 heavy (non-hydrogen) atoms. The van der Waals surface area contributed by atoms with Crippen LogP contribution in [0, 0.1) is 6.92 Å². The van der Waals surface area contributed by atoms with Crippen LogP contribution in [-0.2, 0) is 0 Å². The lowest BCUT2D eigenvalue weighted by molar-refractivity contribution is 1.17. The summed E-state index contributed by atoms with van der Waals surface area (Å²) in [5.74, 6) is 1.25. The molecule has 0 fully saturated rings. The average Bonchev–Trinajstić information content (AvgIpc) is 2.63. The quantitative estimate of drug-likeness (QED) is 0.596. The minimum atomic E-state index is 0.524. The lowest BCUT2D eigenvalue weighted by Gasteiger charge is -2.13. The number of aryl methyl sites for hydroxylation is 1. The van der Waals surface area contributed by atoms with Crippen molar-refractivity contribution >= 4 is 28.1 Å². The number of hydrogen-bond acceptors (Lipinski definition) is 6. The van der Waals surface area contributed by atoms with Crippen LogP contribution in [0.4, 0.5) is 17.3 Å². The van der Waals surface area contributed by atoms with Crippen molar-refractivity contribution in [1.29, 1.82) is 0 Å². The highest BCUT2D eigenvalue weighted by Gasteiger charge is 2.10. The van der Waals surface area contributed by atoms with Gasteiger partial charge in [0.05, 0.1) is 5.69 Å². The van der Waals surface area contributed by atoms with Gasteiger partial charge < -0.3 is 11.1 Å². The van der Waals surface area contributed by atoms with Gasteiger partial charge in [-0.25, -0.2) is 19.9 Å². The molecule has 0 saturated heterocycles. The van der Waals surface area contributed by atoms with Gasteiger partial charge in [-0.1, -0.05) is 12.1 Å². The fourth-order valence-electron chi connectivity index (χ4n) is 2.83. The Hall–Kier alpha value is -3.54. The summed E-state index contributed by atoms with van der Waals surface area (Å²) in [5.41, 5.74) is 9.57. The third-order valence-electron chi connectivity index (χ3n) is 3.95. The number of nitrogens with zero attached hydrogens (tertiary/aromatic N) is 4. The molecule has 3 aromatic heterocycles. The SMILES string of the molecule is Cc1cc2c(Nc3ncccc3-c3ccncn3)cccc2c(N)n1. The number of pyridine rings is 2. The molecule has 122 valence electrons. The van der Waals surface area contributed by atoms with E-state index in [9.17, 15) is 0 Å². The number of rotatable bonds is 3. The predicted molar refractivity (Wildman–Crippen MR) is 99.4 cm³/mol. The van der Waals surface area contributed by atoms with Crippen LogP contribution in [0.1, 0.15) is 5.69 Å². The lowest BCUT2D eigenvalue weighted by Crippen LogP contribution is -2.00. The van der Waals surface area contributed by atoms with Crippen LogP contribution in [0.2, 0.25) is 0 Å². The first kappa shape index (κ1) is 15.0. The van der Waals surface area contributed by atoms with Crippen LogP contribution in [0.15, 0.2) is 61.2 Å². The van der Waals surface area contributed by atoms with Crippen molar-refractivity contribution in [1.82, 2.24) is 19.9 Å². The number of benzene rings is 1. The molecule has 0 aliphatic rings. The van der Waals surface area contributed by atoms with Gasteiger partial charge in [-0.05, 0) is 37.3 Å². The van der Waals surface area contributed by atoms with Gasteiger partial charge >= 0.3 is 0 Å². The van der Waals surface area contributed by atoms with Crippen molar-refractivity contribution in [3.63, 3.8) is 0 Å². The standard InChI is InChI=1S/C19H16N6/c1-12-10-15-13(18(20)24-12)4-2-6-17(15)25-19-14(5-3-8-22-19)16-7-9-21-11-23-16/h2-11H,1H3,(H2,20,24)(H,22,25). The minimum Gasteiger partial charge on any atom is -0.383 e. The molecule has 0 radical (unpaired) electrons. The number of aromatic nitrogens is 4. The van der Waals surface area contributed by atoms with E-state index in [4.69, 9.17) is 5.73 Å². The Balaban J connectivity index is 1.84.